The highest BCUT2D eigenvalue weighted by atomic mass is 19.1. The molecule has 2 aromatic carbocycles. The molecule has 1 N–H and O–H groups in total. The Balaban J connectivity index is 1.59. The van der Waals surface area contributed by atoms with E-state index in [2.05, 4.69) is 15.5 Å². The van der Waals surface area contributed by atoms with Crippen LogP contribution in [0.15, 0.2) is 34.7 Å². The lowest BCUT2D eigenvalue weighted by Gasteiger charge is -2.12. The van der Waals surface area contributed by atoms with Gasteiger partial charge in [0.25, 0.3) is 11.8 Å². The monoisotopic (exact) mass is 463 g/mol. The molecule has 0 saturated heterocycles. The SMILES string of the molecule is COc1cc(-c2nnc(COC(=O)CNC(=O)c3ccc(F)cc3F)o2)cc(OC)c1OC. The molecule has 0 spiro atoms. The Hall–Kier alpha value is -4.22. The van der Waals surface area contributed by atoms with Crippen molar-refractivity contribution in [2.24, 2.45) is 0 Å². The number of nitrogens with zero attached hydrogens (tertiary/aromatic N) is 2. The molecule has 0 fully saturated rings. The number of aromatic nitrogens is 2. The first-order valence-corrected chi connectivity index (χ1v) is 9.37. The van der Waals surface area contributed by atoms with Crippen LogP contribution in [0.2, 0.25) is 0 Å². The highest BCUT2D eigenvalue weighted by molar-refractivity contribution is 5.96. The number of carbonyl (C=O) groups excluding carboxylic acids is 2. The lowest BCUT2D eigenvalue weighted by Crippen LogP contribution is -2.31. The van der Waals surface area contributed by atoms with Crippen molar-refractivity contribution in [3.8, 4) is 28.7 Å². The first-order chi connectivity index (χ1) is 15.9. The zero-order chi connectivity index (χ0) is 24.0. The maximum atomic E-state index is 13.6. The van der Waals surface area contributed by atoms with Gasteiger partial charge in [0.1, 0.15) is 18.2 Å². The first kappa shape index (κ1) is 23.4. The van der Waals surface area contributed by atoms with Gasteiger partial charge in [-0.3, -0.25) is 9.59 Å². The van der Waals surface area contributed by atoms with Gasteiger partial charge in [0.15, 0.2) is 18.1 Å². The van der Waals surface area contributed by atoms with Crippen LogP contribution < -0.4 is 19.5 Å². The number of methoxy groups -OCH3 is 3. The number of ether oxygens (including phenoxy) is 4. The van der Waals surface area contributed by atoms with E-state index in [1.165, 1.54) is 21.3 Å². The Morgan fingerprint density at radius 1 is 1.00 bits per heavy atom. The van der Waals surface area contributed by atoms with Crippen molar-refractivity contribution in [2.45, 2.75) is 6.61 Å². The molecule has 10 nitrogen and oxygen atoms in total. The van der Waals surface area contributed by atoms with Crippen LogP contribution in [-0.4, -0.2) is 49.9 Å². The molecule has 1 amide bonds. The number of carbonyl (C=O) groups is 2. The third-order valence-electron chi connectivity index (χ3n) is 4.30. The van der Waals surface area contributed by atoms with Crippen LogP contribution in [0.25, 0.3) is 11.5 Å². The average molecular weight is 463 g/mol. The standard InChI is InChI=1S/C21H19F2N3O7/c1-29-15-6-11(7-16(30-2)19(15)31-3)21-26-25-17(33-21)10-32-18(27)9-24-20(28)13-5-4-12(22)8-14(13)23/h4-8H,9-10H2,1-3H3,(H,24,28). The van der Waals surface area contributed by atoms with Crippen LogP contribution in [0.5, 0.6) is 17.2 Å². The zero-order valence-electron chi connectivity index (χ0n) is 17.8. The molecule has 1 heterocycles. The van der Waals surface area contributed by atoms with Crippen LogP contribution in [0.4, 0.5) is 8.78 Å². The van der Waals surface area contributed by atoms with Crippen molar-refractivity contribution in [2.75, 3.05) is 27.9 Å². The van der Waals surface area contributed by atoms with E-state index in [9.17, 15) is 18.4 Å². The second-order valence-corrected chi connectivity index (χ2v) is 6.38. The Labute approximate surface area is 186 Å². The molecule has 0 bridgehead atoms. The number of amides is 1. The number of hydrogen-bond donors (Lipinski definition) is 1. The van der Waals surface area contributed by atoms with Crippen LogP contribution in [0.3, 0.4) is 0 Å². The molecule has 0 radical (unpaired) electrons. The van der Waals surface area contributed by atoms with Crippen molar-refractivity contribution >= 4 is 11.9 Å². The number of benzene rings is 2. The molecular weight excluding hydrogens is 444 g/mol. The van der Waals surface area contributed by atoms with Gasteiger partial charge < -0.3 is 28.7 Å². The summed E-state index contributed by atoms with van der Waals surface area (Å²) in [5.74, 6) is -2.36. The van der Waals surface area contributed by atoms with Gasteiger partial charge in [0, 0.05) is 11.6 Å². The molecule has 3 aromatic rings. The third kappa shape index (κ3) is 5.53. The summed E-state index contributed by atoms with van der Waals surface area (Å²) in [6, 6.07) is 5.67. The van der Waals surface area contributed by atoms with Gasteiger partial charge in [-0.05, 0) is 24.3 Å². The van der Waals surface area contributed by atoms with Gasteiger partial charge >= 0.3 is 5.97 Å². The van der Waals surface area contributed by atoms with Gasteiger partial charge in [0.05, 0.1) is 26.9 Å². The highest BCUT2D eigenvalue weighted by Gasteiger charge is 2.18. The Morgan fingerprint density at radius 2 is 1.70 bits per heavy atom. The van der Waals surface area contributed by atoms with E-state index in [-0.39, 0.29) is 18.4 Å². The van der Waals surface area contributed by atoms with Crippen LogP contribution in [0.1, 0.15) is 16.2 Å². The van der Waals surface area contributed by atoms with Crippen molar-refractivity contribution < 1.29 is 41.7 Å². The number of halogens is 2. The fraction of sp³-hybridized carbons (Fsp3) is 0.238. The maximum Gasteiger partial charge on any atom is 0.325 e. The second-order valence-electron chi connectivity index (χ2n) is 6.38. The summed E-state index contributed by atoms with van der Waals surface area (Å²) in [6.45, 7) is -0.916. The maximum absolute atomic E-state index is 13.6. The fourth-order valence-corrected chi connectivity index (χ4v) is 2.75. The summed E-state index contributed by atoms with van der Waals surface area (Å²) in [6.07, 6.45) is 0. The second kappa shape index (κ2) is 10.4. The molecule has 0 aliphatic rings. The van der Waals surface area contributed by atoms with Gasteiger partial charge in [-0.15, -0.1) is 10.2 Å². The smallest absolute Gasteiger partial charge is 0.325 e. The van der Waals surface area contributed by atoms with E-state index < -0.39 is 35.6 Å². The van der Waals surface area contributed by atoms with E-state index in [1.807, 2.05) is 0 Å². The summed E-state index contributed by atoms with van der Waals surface area (Å²) in [5, 5.41) is 9.88. The zero-order valence-corrected chi connectivity index (χ0v) is 17.8. The molecule has 33 heavy (non-hydrogen) atoms. The van der Waals surface area contributed by atoms with Crippen LogP contribution >= 0.6 is 0 Å². The molecule has 174 valence electrons. The van der Waals surface area contributed by atoms with Gasteiger partial charge in [0.2, 0.25) is 11.6 Å². The Morgan fingerprint density at radius 3 is 2.30 bits per heavy atom. The van der Waals surface area contributed by atoms with E-state index in [0.29, 0.717) is 28.9 Å². The average Bonchev–Trinajstić information content (AvgIpc) is 3.29. The number of esters is 1. The largest absolute Gasteiger partial charge is 0.493 e. The summed E-state index contributed by atoms with van der Waals surface area (Å²) < 4.78 is 52.8. The minimum atomic E-state index is -1.05. The minimum absolute atomic E-state index is 0.0111. The van der Waals surface area contributed by atoms with E-state index in [4.69, 9.17) is 23.4 Å². The number of rotatable bonds is 9. The normalized spacial score (nSPS) is 10.5. The van der Waals surface area contributed by atoms with Crippen molar-refractivity contribution in [3.63, 3.8) is 0 Å². The van der Waals surface area contributed by atoms with Crippen molar-refractivity contribution in [1.82, 2.24) is 15.5 Å². The lowest BCUT2D eigenvalue weighted by molar-refractivity contribution is -0.144. The highest BCUT2D eigenvalue weighted by Crippen LogP contribution is 2.40. The molecule has 0 saturated carbocycles. The Kier molecular flexibility index (Phi) is 7.38. The summed E-state index contributed by atoms with van der Waals surface area (Å²) in [7, 11) is 4.39. The molecule has 0 aliphatic carbocycles. The molecule has 12 heteroatoms. The molecule has 0 unspecified atom stereocenters. The molecule has 1 aromatic heterocycles. The van der Waals surface area contributed by atoms with E-state index in [0.717, 1.165) is 12.1 Å². The fourth-order valence-electron chi connectivity index (χ4n) is 2.75. The number of hydrogen-bond acceptors (Lipinski definition) is 9. The molecule has 0 atom stereocenters. The topological polar surface area (TPSA) is 122 Å². The molecule has 0 aliphatic heterocycles. The molecular formula is C21H19F2N3O7. The van der Waals surface area contributed by atoms with Gasteiger partial charge in [-0.2, -0.15) is 0 Å². The van der Waals surface area contributed by atoms with Crippen LogP contribution in [0, 0.1) is 11.6 Å². The van der Waals surface area contributed by atoms with E-state index >= 15 is 0 Å². The third-order valence-corrected chi connectivity index (χ3v) is 4.30. The predicted octanol–water partition coefficient (Wildman–Crippen LogP) is 2.51. The van der Waals surface area contributed by atoms with Crippen molar-refractivity contribution in [1.29, 1.82) is 0 Å². The predicted molar refractivity (Wildman–Crippen MR) is 108 cm³/mol. The number of nitrogens with one attached hydrogen (secondary N) is 1. The van der Waals surface area contributed by atoms with Crippen LogP contribution in [-0.2, 0) is 16.1 Å². The minimum Gasteiger partial charge on any atom is -0.493 e. The first-order valence-electron chi connectivity index (χ1n) is 9.37. The van der Waals surface area contributed by atoms with Gasteiger partial charge in [-0.25, -0.2) is 8.78 Å². The summed E-state index contributed by atoms with van der Waals surface area (Å²) >= 11 is 0. The van der Waals surface area contributed by atoms with Gasteiger partial charge in [-0.1, -0.05) is 0 Å². The lowest BCUT2D eigenvalue weighted by atomic mass is 10.2. The Bertz CT molecular complexity index is 1140. The summed E-state index contributed by atoms with van der Waals surface area (Å²) in [4.78, 5) is 23.8. The summed E-state index contributed by atoms with van der Waals surface area (Å²) in [5.41, 5.74) is 0.0688. The van der Waals surface area contributed by atoms with E-state index in [1.54, 1.807) is 12.1 Å². The van der Waals surface area contributed by atoms with Crippen molar-refractivity contribution in [3.05, 3.63) is 53.4 Å². The quantitative estimate of drug-likeness (QED) is 0.477. The molecule has 3 rings (SSSR count).